The van der Waals surface area contributed by atoms with Gasteiger partial charge in [-0.25, -0.2) is 0 Å². The van der Waals surface area contributed by atoms with Gasteiger partial charge in [-0.3, -0.25) is 0 Å². The van der Waals surface area contributed by atoms with Crippen LogP contribution in [0.1, 0.15) is 20.3 Å². The van der Waals surface area contributed by atoms with Crippen LogP contribution < -0.4 is 0 Å². The Labute approximate surface area is 62.9 Å². The summed E-state index contributed by atoms with van der Waals surface area (Å²) in [4.78, 5) is 0. The predicted molar refractivity (Wildman–Crippen MR) is 34.4 cm³/mol. The second-order valence-corrected chi connectivity index (χ2v) is 0.707. The van der Waals surface area contributed by atoms with E-state index in [1.54, 1.807) is 0 Å². The molecular formula is C3H13GaMg. The van der Waals surface area contributed by atoms with Crippen molar-refractivity contribution in [2.75, 3.05) is 0 Å². The molecule has 0 aliphatic heterocycles. The molecular weight excluding hydrogens is 130 g/mol. The third-order valence-corrected chi connectivity index (χ3v) is 0. The fourth-order valence-electron chi connectivity index (χ4n) is 0. The van der Waals surface area contributed by atoms with Crippen LogP contribution in [0.3, 0.4) is 0 Å². The van der Waals surface area contributed by atoms with Crippen molar-refractivity contribution in [1.29, 1.82) is 0 Å². The van der Waals surface area contributed by atoms with E-state index >= 15 is 0 Å². The van der Waals surface area contributed by atoms with Crippen LogP contribution >= 0.6 is 0 Å². The summed E-state index contributed by atoms with van der Waals surface area (Å²) in [7, 11) is 0. The zero-order valence-corrected chi connectivity index (χ0v) is 2.71. The molecule has 0 saturated carbocycles. The van der Waals surface area contributed by atoms with Gasteiger partial charge in [-0.1, -0.05) is 20.3 Å². The summed E-state index contributed by atoms with van der Waals surface area (Å²) < 4.78 is 0. The maximum absolute atomic E-state index is 2.12. The average Bonchev–Trinajstić information content (AvgIpc) is 0.918. The van der Waals surface area contributed by atoms with E-state index in [2.05, 4.69) is 13.8 Å². The van der Waals surface area contributed by atoms with E-state index in [1.165, 1.54) is 6.42 Å². The van der Waals surface area contributed by atoms with Crippen LogP contribution in [0, 0.1) is 0 Å². The molecule has 0 unspecified atom stereocenters. The Hall–Kier alpha value is 1.40. The largest absolute Gasteiger partial charge is 0.316 e. The topological polar surface area (TPSA) is 0 Å². The normalized spacial score (nSPS) is 3.60. The van der Waals surface area contributed by atoms with Gasteiger partial charge in [-0.05, 0) is 0 Å². The molecule has 0 aromatic carbocycles. The quantitative estimate of drug-likeness (QED) is 0.394. The van der Waals surface area contributed by atoms with Gasteiger partial charge in [-0.15, -0.1) is 0 Å². The maximum Gasteiger partial charge on any atom is 0.316 e. The summed E-state index contributed by atoms with van der Waals surface area (Å²) in [5.41, 5.74) is 0. The third-order valence-electron chi connectivity index (χ3n) is 0. The first kappa shape index (κ1) is 16.1. The van der Waals surface area contributed by atoms with Gasteiger partial charge in [0.15, 0.2) is 0 Å². The summed E-state index contributed by atoms with van der Waals surface area (Å²) >= 11 is 0. The molecule has 0 rings (SSSR count). The van der Waals surface area contributed by atoms with Gasteiger partial charge >= 0.3 is 42.8 Å². The second kappa shape index (κ2) is 18.1. The van der Waals surface area contributed by atoms with Crippen molar-refractivity contribution in [3.05, 3.63) is 0 Å². The van der Waals surface area contributed by atoms with E-state index in [0.717, 1.165) is 0 Å². The number of hydrogen-bond acceptors (Lipinski definition) is 0. The van der Waals surface area contributed by atoms with Gasteiger partial charge in [0, 0.05) is 0 Å². The van der Waals surface area contributed by atoms with Crippen LogP contribution in [-0.2, 0) is 0 Å². The van der Waals surface area contributed by atoms with Crippen molar-refractivity contribution in [3.63, 3.8) is 0 Å². The van der Waals surface area contributed by atoms with Crippen LogP contribution in [0.2, 0.25) is 0 Å². The Morgan fingerprint density at radius 3 is 1.20 bits per heavy atom. The molecule has 0 bridgehead atoms. The SMILES string of the molecule is CCC.[GaH3].[MgH2]. The van der Waals surface area contributed by atoms with Crippen LogP contribution in [-0.4, -0.2) is 42.8 Å². The van der Waals surface area contributed by atoms with E-state index in [4.69, 9.17) is 0 Å². The van der Waals surface area contributed by atoms with E-state index in [9.17, 15) is 0 Å². The van der Waals surface area contributed by atoms with Gasteiger partial charge in [0.2, 0.25) is 0 Å². The molecule has 0 fully saturated rings. The van der Waals surface area contributed by atoms with Gasteiger partial charge in [0.05, 0.1) is 0 Å². The van der Waals surface area contributed by atoms with E-state index in [0.29, 0.717) is 0 Å². The molecule has 0 N–H and O–H groups in total. The molecule has 5 heavy (non-hydrogen) atoms. The first-order chi connectivity index (χ1) is 1.41. The van der Waals surface area contributed by atoms with E-state index in [-0.39, 0.29) is 42.8 Å². The average molecular weight is 143 g/mol. The maximum atomic E-state index is 2.12. The fourth-order valence-corrected chi connectivity index (χ4v) is 0. The molecule has 0 saturated heterocycles. The minimum absolute atomic E-state index is 0. The van der Waals surface area contributed by atoms with Crippen molar-refractivity contribution in [2.45, 2.75) is 20.3 Å². The number of hydrogen-bond donors (Lipinski definition) is 0. The van der Waals surface area contributed by atoms with Crippen molar-refractivity contribution in [3.8, 4) is 0 Å². The summed E-state index contributed by atoms with van der Waals surface area (Å²) in [5.74, 6) is 0. The summed E-state index contributed by atoms with van der Waals surface area (Å²) in [6.07, 6.45) is 1.25. The van der Waals surface area contributed by atoms with Crippen molar-refractivity contribution in [2.24, 2.45) is 0 Å². The summed E-state index contributed by atoms with van der Waals surface area (Å²) in [5, 5.41) is 0. The third kappa shape index (κ3) is 31.8. The van der Waals surface area contributed by atoms with Crippen molar-refractivity contribution in [1.82, 2.24) is 0 Å². The predicted octanol–water partition coefficient (Wildman–Crippen LogP) is -0.684. The van der Waals surface area contributed by atoms with Gasteiger partial charge in [-0.2, -0.15) is 0 Å². The Bertz CT molecular complexity index is 6.85. The summed E-state index contributed by atoms with van der Waals surface area (Å²) in [6.45, 7) is 4.25. The Balaban J connectivity index is -0.0000000200. The van der Waals surface area contributed by atoms with Gasteiger partial charge in [0.1, 0.15) is 0 Å². The standard InChI is InChI=1S/C3H8.Ga.Mg.5H/c1-3-2;;;;;;;/h3H2,1-2H3;;;;;;;. The van der Waals surface area contributed by atoms with Crippen LogP contribution in [0.4, 0.5) is 0 Å². The summed E-state index contributed by atoms with van der Waals surface area (Å²) in [6, 6.07) is 0. The first-order valence-corrected chi connectivity index (χ1v) is 1.41. The minimum Gasteiger partial charge on any atom is 0.316 e. The van der Waals surface area contributed by atoms with E-state index < -0.39 is 0 Å². The van der Waals surface area contributed by atoms with Gasteiger partial charge < -0.3 is 0 Å². The Morgan fingerprint density at radius 1 is 1.20 bits per heavy atom. The molecule has 0 nitrogen and oxygen atoms in total. The Kier molecular flexibility index (Phi) is 58.6. The molecule has 0 radical (unpaired) electrons. The first-order valence-electron chi connectivity index (χ1n) is 1.41. The molecule has 0 spiro atoms. The zero-order chi connectivity index (χ0) is 2.71. The van der Waals surface area contributed by atoms with E-state index in [1.807, 2.05) is 0 Å². The van der Waals surface area contributed by atoms with Crippen LogP contribution in [0.15, 0.2) is 0 Å². The fraction of sp³-hybridized carbons (Fsp3) is 1.00. The van der Waals surface area contributed by atoms with Crippen molar-refractivity contribution >= 4 is 42.8 Å². The smallest absolute Gasteiger partial charge is 0.316 e. The van der Waals surface area contributed by atoms with Crippen LogP contribution in [0.25, 0.3) is 0 Å². The Morgan fingerprint density at radius 2 is 1.20 bits per heavy atom. The molecule has 0 amide bonds. The number of rotatable bonds is 0. The van der Waals surface area contributed by atoms with Crippen molar-refractivity contribution < 1.29 is 0 Å². The minimum atomic E-state index is 0. The van der Waals surface area contributed by atoms with Crippen LogP contribution in [0.5, 0.6) is 0 Å². The molecule has 0 aliphatic carbocycles. The second-order valence-electron chi connectivity index (χ2n) is 0.707. The molecule has 0 aromatic heterocycles. The molecule has 30 valence electrons. The molecule has 2 heteroatoms. The zero-order valence-electron chi connectivity index (χ0n) is 2.71. The molecule has 0 atom stereocenters. The molecule has 0 aromatic rings. The monoisotopic (exact) mass is 142 g/mol. The molecule has 0 heterocycles. The van der Waals surface area contributed by atoms with Gasteiger partial charge in [0.25, 0.3) is 0 Å². The molecule has 0 aliphatic rings.